The molecule has 1 amide bonds. The summed E-state index contributed by atoms with van der Waals surface area (Å²) in [6, 6.07) is 5.65. The number of aromatic nitrogens is 1. The maximum Gasteiger partial charge on any atom is 0.323 e. The van der Waals surface area contributed by atoms with Gasteiger partial charge in [-0.15, -0.1) is 0 Å². The lowest BCUT2D eigenvalue weighted by Crippen LogP contribution is -2.19. The van der Waals surface area contributed by atoms with Gasteiger partial charge in [0.05, 0.1) is 5.69 Å². The minimum Gasteiger partial charge on any atom is -0.480 e. The average molecular weight is 280 g/mol. The predicted octanol–water partition coefficient (Wildman–Crippen LogP) is 2.10. The van der Waals surface area contributed by atoms with E-state index in [0.717, 1.165) is 12.1 Å². The Morgan fingerprint density at radius 2 is 2.00 bits per heavy atom. The highest BCUT2D eigenvalue weighted by Crippen LogP contribution is 2.16. The molecule has 0 bridgehead atoms. The van der Waals surface area contributed by atoms with Crippen LogP contribution < -0.4 is 5.32 Å². The van der Waals surface area contributed by atoms with Crippen molar-refractivity contribution < 1.29 is 23.5 Å². The number of nitrogens with one attached hydrogen (secondary N) is 1. The molecule has 0 saturated carbocycles. The molecule has 2 aromatic rings. The van der Waals surface area contributed by atoms with Crippen LogP contribution in [0.3, 0.4) is 0 Å². The Morgan fingerprint density at radius 3 is 2.65 bits per heavy atom. The number of carboxylic acid groups (broad SMARTS) is 1. The first-order valence-corrected chi connectivity index (χ1v) is 5.60. The minimum atomic E-state index is -1.11. The van der Waals surface area contributed by atoms with Crippen LogP contribution in [0, 0.1) is 11.6 Å². The fourth-order valence-corrected chi connectivity index (χ4v) is 1.68. The molecule has 1 aromatic carbocycles. The van der Waals surface area contributed by atoms with Gasteiger partial charge in [-0.1, -0.05) is 0 Å². The molecule has 1 aromatic heterocycles. The fraction of sp³-hybridized carbons (Fsp3) is 0.0769. The number of anilines is 1. The molecular weight excluding hydrogens is 270 g/mol. The zero-order chi connectivity index (χ0) is 14.7. The van der Waals surface area contributed by atoms with Gasteiger partial charge in [0.25, 0.3) is 5.91 Å². The second-order valence-electron chi connectivity index (χ2n) is 3.99. The van der Waals surface area contributed by atoms with Gasteiger partial charge in [0.15, 0.2) is 0 Å². The molecule has 0 aliphatic heterocycles. The van der Waals surface area contributed by atoms with Crippen LogP contribution in [0.2, 0.25) is 0 Å². The number of aliphatic carboxylic acids is 1. The standard InChI is InChI=1S/C13H10F2N2O3/c14-8-3-4-10(9(15)6-8)16-13(20)11-2-1-5-17(11)7-12(18)19/h1-6H,7H2,(H,16,20)(H,18,19). The first kappa shape index (κ1) is 13.7. The highest BCUT2D eigenvalue weighted by molar-refractivity contribution is 6.03. The molecular formula is C13H10F2N2O3. The number of halogens is 2. The van der Waals surface area contributed by atoms with Crippen molar-refractivity contribution in [3.8, 4) is 0 Å². The van der Waals surface area contributed by atoms with Gasteiger partial charge in [0.2, 0.25) is 0 Å². The highest BCUT2D eigenvalue weighted by atomic mass is 19.1. The summed E-state index contributed by atoms with van der Waals surface area (Å²) < 4.78 is 27.4. The number of nitrogens with zero attached hydrogens (tertiary/aromatic N) is 1. The van der Waals surface area contributed by atoms with Gasteiger partial charge < -0.3 is 15.0 Å². The maximum absolute atomic E-state index is 13.4. The van der Waals surface area contributed by atoms with E-state index >= 15 is 0 Å². The number of benzene rings is 1. The van der Waals surface area contributed by atoms with Crippen molar-refractivity contribution in [1.82, 2.24) is 4.57 Å². The van der Waals surface area contributed by atoms with Gasteiger partial charge in [0, 0.05) is 12.3 Å². The summed E-state index contributed by atoms with van der Waals surface area (Å²) in [6.45, 7) is -0.387. The van der Waals surface area contributed by atoms with E-state index < -0.39 is 23.5 Å². The predicted molar refractivity (Wildman–Crippen MR) is 66.4 cm³/mol. The van der Waals surface area contributed by atoms with E-state index in [-0.39, 0.29) is 17.9 Å². The lowest BCUT2D eigenvalue weighted by Gasteiger charge is -2.08. The number of carbonyl (C=O) groups is 2. The van der Waals surface area contributed by atoms with Gasteiger partial charge in [-0.25, -0.2) is 8.78 Å². The highest BCUT2D eigenvalue weighted by Gasteiger charge is 2.14. The van der Waals surface area contributed by atoms with Crippen molar-refractivity contribution >= 4 is 17.6 Å². The molecule has 0 aliphatic rings. The van der Waals surface area contributed by atoms with Crippen molar-refractivity contribution in [3.63, 3.8) is 0 Å². The van der Waals surface area contributed by atoms with Crippen LogP contribution in [-0.2, 0) is 11.3 Å². The third kappa shape index (κ3) is 3.00. The second kappa shape index (κ2) is 5.52. The first-order valence-electron chi connectivity index (χ1n) is 5.60. The number of hydrogen-bond donors (Lipinski definition) is 2. The van der Waals surface area contributed by atoms with E-state index in [1.54, 1.807) is 0 Å². The Bertz CT molecular complexity index is 667. The summed E-state index contributed by atoms with van der Waals surface area (Å²) in [5, 5.41) is 11.0. The average Bonchev–Trinajstić information content (AvgIpc) is 2.80. The van der Waals surface area contributed by atoms with Crippen molar-refractivity contribution in [2.45, 2.75) is 6.54 Å². The zero-order valence-corrected chi connectivity index (χ0v) is 10.1. The molecule has 0 fully saturated rings. The van der Waals surface area contributed by atoms with E-state index in [1.807, 2.05) is 0 Å². The van der Waals surface area contributed by atoms with Crippen LogP contribution in [0.4, 0.5) is 14.5 Å². The van der Waals surface area contributed by atoms with Crippen LogP contribution in [0.1, 0.15) is 10.5 Å². The number of hydrogen-bond acceptors (Lipinski definition) is 2. The fourth-order valence-electron chi connectivity index (χ4n) is 1.68. The Hall–Kier alpha value is -2.70. The summed E-state index contributed by atoms with van der Waals surface area (Å²) in [5.74, 6) is -3.45. The molecule has 20 heavy (non-hydrogen) atoms. The van der Waals surface area contributed by atoms with Crippen molar-refractivity contribution in [3.05, 3.63) is 53.9 Å². The lowest BCUT2D eigenvalue weighted by molar-refractivity contribution is -0.137. The SMILES string of the molecule is O=C(O)Cn1cccc1C(=O)Nc1ccc(F)cc1F. The third-order valence-corrected chi connectivity index (χ3v) is 2.55. The summed E-state index contributed by atoms with van der Waals surface area (Å²) in [7, 11) is 0. The molecule has 0 unspecified atom stereocenters. The Labute approximate surface area is 112 Å². The Morgan fingerprint density at radius 1 is 1.25 bits per heavy atom. The summed E-state index contributed by atoms with van der Waals surface area (Å²) in [5.41, 5.74) is -0.115. The molecule has 1 heterocycles. The summed E-state index contributed by atoms with van der Waals surface area (Å²) in [4.78, 5) is 22.6. The Balaban J connectivity index is 2.20. The number of carbonyl (C=O) groups excluding carboxylic acids is 1. The molecule has 0 spiro atoms. The molecule has 0 saturated heterocycles. The van der Waals surface area contributed by atoms with E-state index in [9.17, 15) is 18.4 Å². The molecule has 104 valence electrons. The molecule has 7 heteroatoms. The van der Waals surface area contributed by atoms with Crippen LogP contribution in [0.25, 0.3) is 0 Å². The molecule has 2 N–H and O–H groups in total. The van der Waals surface area contributed by atoms with Crippen LogP contribution in [-0.4, -0.2) is 21.6 Å². The van der Waals surface area contributed by atoms with Gasteiger partial charge >= 0.3 is 5.97 Å². The zero-order valence-electron chi connectivity index (χ0n) is 10.1. The smallest absolute Gasteiger partial charge is 0.323 e. The summed E-state index contributed by atoms with van der Waals surface area (Å²) >= 11 is 0. The quantitative estimate of drug-likeness (QED) is 0.901. The molecule has 5 nitrogen and oxygen atoms in total. The van der Waals surface area contributed by atoms with E-state index in [2.05, 4.69) is 5.32 Å². The van der Waals surface area contributed by atoms with Crippen LogP contribution in [0.5, 0.6) is 0 Å². The topological polar surface area (TPSA) is 71.3 Å². The minimum absolute atomic E-state index is 0.0659. The van der Waals surface area contributed by atoms with E-state index in [4.69, 9.17) is 5.11 Å². The van der Waals surface area contributed by atoms with Gasteiger partial charge in [-0.3, -0.25) is 9.59 Å². The molecule has 0 atom stereocenters. The van der Waals surface area contributed by atoms with Gasteiger partial charge in [0.1, 0.15) is 23.9 Å². The van der Waals surface area contributed by atoms with E-state index in [1.165, 1.54) is 22.9 Å². The Kier molecular flexibility index (Phi) is 3.79. The van der Waals surface area contributed by atoms with E-state index in [0.29, 0.717) is 6.07 Å². The van der Waals surface area contributed by atoms with Crippen LogP contribution >= 0.6 is 0 Å². The number of amides is 1. The number of carboxylic acids is 1. The summed E-state index contributed by atoms with van der Waals surface area (Å²) in [6.07, 6.45) is 1.42. The lowest BCUT2D eigenvalue weighted by atomic mass is 10.3. The van der Waals surface area contributed by atoms with Crippen LogP contribution in [0.15, 0.2) is 36.5 Å². The van der Waals surface area contributed by atoms with Gasteiger partial charge in [-0.05, 0) is 24.3 Å². The van der Waals surface area contributed by atoms with Crippen molar-refractivity contribution in [1.29, 1.82) is 0 Å². The largest absolute Gasteiger partial charge is 0.480 e. The first-order chi connectivity index (χ1) is 9.47. The third-order valence-electron chi connectivity index (χ3n) is 2.55. The second-order valence-corrected chi connectivity index (χ2v) is 3.99. The molecule has 2 rings (SSSR count). The molecule has 0 aliphatic carbocycles. The van der Waals surface area contributed by atoms with Gasteiger partial charge in [-0.2, -0.15) is 0 Å². The van der Waals surface area contributed by atoms with Crippen molar-refractivity contribution in [2.75, 3.05) is 5.32 Å². The molecule has 0 radical (unpaired) electrons. The normalized spacial score (nSPS) is 10.3. The van der Waals surface area contributed by atoms with Crippen molar-refractivity contribution in [2.24, 2.45) is 0 Å². The maximum atomic E-state index is 13.4. The monoisotopic (exact) mass is 280 g/mol. The number of rotatable bonds is 4.